The number of hydrogen-bond acceptors (Lipinski definition) is 8. The highest BCUT2D eigenvalue weighted by Crippen LogP contribution is 2.22. The summed E-state index contributed by atoms with van der Waals surface area (Å²) in [7, 11) is 0. The number of rotatable bonds is 4. The first-order chi connectivity index (χ1) is 14.7. The summed E-state index contributed by atoms with van der Waals surface area (Å²) in [5.41, 5.74) is 2.88. The smallest absolute Gasteiger partial charge is 0.297 e. The van der Waals surface area contributed by atoms with Gasteiger partial charge >= 0.3 is 0 Å². The number of ether oxygens (including phenoxy) is 1. The number of aryl methyl sites for hydroxylation is 2. The van der Waals surface area contributed by atoms with Crippen LogP contribution in [0.15, 0.2) is 47.1 Å². The van der Waals surface area contributed by atoms with Crippen molar-refractivity contribution < 1.29 is 9.26 Å². The normalized spacial score (nSPS) is 14.3. The van der Waals surface area contributed by atoms with Gasteiger partial charge in [0, 0.05) is 18.7 Å². The van der Waals surface area contributed by atoms with Gasteiger partial charge in [0.2, 0.25) is 11.6 Å². The van der Waals surface area contributed by atoms with E-state index in [1.54, 1.807) is 10.9 Å². The Labute approximate surface area is 173 Å². The van der Waals surface area contributed by atoms with Gasteiger partial charge in [0.1, 0.15) is 11.6 Å². The van der Waals surface area contributed by atoms with Gasteiger partial charge in [-0.2, -0.15) is 4.98 Å². The first kappa shape index (κ1) is 18.4. The molecule has 4 heterocycles. The van der Waals surface area contributed by atoms with Crippen LogP contribution in [0.3, 0.4) is 0 Å². The topological polar surface area (TPSA) is 95.0 Å². The minimum Gasteiger partial charge on any atom is -0.378 e. The van der Waals surface area contributed by atoms with Gasteiger partial charge in [-0.15, -0.1) is 5.10 Å². The van der Waals surface area contributed by atoms with E-state index >= 15 is 0 Å². The molecule has 0 amide bonds. The second kappa shape index (κ2) is 7.68. The van der Waals surface area contributed by atoms with Gasteiger partial charge in [0.05, 0.1) is 25.1 Å². The SMILES string of the molecule is Cc1ccc(-c2noc(-c3nc(C)n(-c4ccc(N5CCOCC5)nc4)n3)n2)cc1. The van der Waals surface area contributed by atoms with Gasteiger partial charge < -0.3 is 14.2 Å². The van der Waals surface area contributed by atoms with Crippen molar-refractivity contribution in [2.75, 3.05) is 31.2 Å². The quantitative estimate of drug-likeness (QED) is 0.513. The molecule has 5 rings (SSSR count). The molecule has 9 heteroatoms. The minimum atomic E-state index is 0.283. The summed E-state index contributed by atoms with van der Waals surface area (Å²) in [6.45, 7) is 7.06. The molecule has 0 N–H and O–H groups in total. The third kappa shape index (κ3) is 3.55. The number of anilines is 1. The monoisotopic (exact) mass is 403 g/mol. The van der Waals surface area contributed by atoms with Gasteiger partial charge in [0.25, 0.3) is 5.89 Å². The van der Waals surface area contributed by atoms with E-state index in [2.05, 4.69) is 30.1 Å². The van der Waals surface area contributed by atoms with Crippen LogP contribution in [0.2, 0.25) is 0 Å². The Morgan fingerprint density at radius 2 is 1.70 bits per heavy atom. The molecule has 0 aliphatic carbocycles. The van der Waals surface area contributed by atoms with Crippen LogP contribution in [-0.2, 0) is 4.74 Å². The van der Waals surface area contributed by atoms with Gasteiger partial charge in [0.15, 0.2) is 0 Å². The lowest BCUT2D eigenvalue weighted by Gasteiger charge is -2.27. The van der Waals surface area contributed by atoms with Crippen molar-refractivity contribution in [2.45, 2.75) is 13.8 Å². The molecule has 1 aliphatic rings. The van der Waals surface area contributed by atoms with E-state index in [0.29, 0.717) is 17.5 Å². The molecule has 4 aromatic rings. The fourth-order valence-electron chi connectivity index (χ4n) is 3.34. The van der Waals surface area contributed by atoms with Crippen LogP contribution in [0.25, 0.3) is 28.8 Å². The fourth-order valence-corrected chi connectivity index (χ4v) is 3.34. The van der Waals surface area contributed by atoms with Crippen molar-refractivity contribution in [3.63, 3.8) is 0 Å². The van der Waals surface area contributed by atoms with Crippen LogP contribution < -0.4 is 4.90 Å². The number of pyridine rings is 1. The first-order valence-corrected chi connectivity index (χ1v) is 9.81. The molecule has 3 aromatic heterocycles. The van der Waals surface area contributed by atoms with Gasteiger partial charge in [-0.05, 0) is 26.0 Å². The number of aromatic nitrogens is 6. The molecule has 1 fully saturated rings. The average Bonchev–Trinajstić information content (AvgIpc) is 3.42. The molecule has 0 unspecified atom stereocenters. The molecule has 1 saturated heterocycles. The second-order valence-corrected chi connectivity index (χ2v) is 7.16. The number of nitrogens with zero attached hydrogens (tertiary/aromatic N) is 7. The Morgan fingerprint density at radius 1 is 0.900 bits per heavy atom. The molecule has 1 aliphatic heterocycles. The minimum absolute atomic E-state index is 0.283. The molecular formula is C21H21N7O2. The van der Waals surface area contributed by atoms with Crippen LogP contribution in [0.1, 0.15) is 11.4 Å². The lowest BCUT2D eigenvalue weighted by Crippen LogP contribution is -2.36. The van der Waals surface area contributed by atoms with Gasteiger partial charge in [-0.3, -0.25) is 0 Å². The van der Waals surface area contributed by atoms with Crippen molar-refractivity contribution in [3.05, 3.63) is 54.0 Å². The number of benzene rings is 1. The Morgan fingerprint density at radius 3 is 2.43 bits per heavy atom. The molecule has 0 spiro atoms. The summed E-state index contributed by atoms with van der Waals surface area (Å²) >= 11 is 0. The summed E-state index contributed by atoms with van der Waals surface area (Å²) in [5.74, 6) is 2.82. The lowest BCUT2D eigenvalue weighted by atomic mass is 10.1. The van der Waals surface area contributed by atoms with Crippen LogP contribution in [0.5, 0.6) is 0 Å². The number of hydrogen-bond donors (Lipinski definition) is 0. The second-order valence-electron chi connectivity index (χ2n) is 7.16. The Balaban J connectivity index is 1.39. The molecule has 1 aromatic carbocycles. The van der Waals surface area contributed by atoms with Crippen molar-refractivity contribution in [2.24, 2.45) is 0 Å². The van der Waals surface area contributed by atoms with Crippen LogP contribution in [0, 0.1) is 13.8 Å². The molecule has 152 valence electrons. The highest BCUT2D eigenvalue weighted by atomic mass is 16.5. The third-order valence-electron chi connectivity index (χ3n) is 5.01. The maximum Gasteiger partial charge on any atom is 0.297 e. The maximum absolute atomic E-state index is 5.40. The molecule has 0 saturated carbocycles. The van der Waals surface area contributed by atoms with Crippen molar-refractivity contribution in [3.8, 4) is 28.8 Å². The highest BCUT2D eigenvalue weighted by Gasteiger charge is 2.18. The maximum atomic E-state index is 5.40. The van der Waals surface area contributed by atoms with E-state index < -0.39 is 0 Å². The molecule has 0 atom stereocenters. The predicted molar refractivity (Wildman–Crippen MR) is 110 cm³/mol. The average molecular weight is 403 g/mol. The summed E-state index contributed by atoms with van der Waals surface area (Å²) in [6.07, 6.45) is 1.79. The summed E-state index contributed by atoms with van der Waals surface area (Å²) in [4.78, 5) is 15.7. The van der Waals surface area contributed by atoms with Crippen molar-refractivity contribution in [1.82, 2.24) is 29.9 Å². The van der Waals surface area contributed by atoms with Crippen LogP contribution in [0.4, 0.5) is 5.82 Å². The fraction of sp³-hybridized carbons (Fsp3) is 0.286. The summed E-state index contributed by atoms with van der Waals surface area (Å²) in [6, 6.07) is 11.9. The van der Waals surface area contributed by atoms with E-state index in [-0.39, 0.29) is 5.89 Å². The van der Waals surface area contributed by atoms with Crippen LogP contribution >= 0.6 is 0 Å². The standard InChI is InChI=1S/C21H21N7O2/c1-14-3-5-16(6-4-14)19-24-21(30-26-19)20-23-15(2)28(25-20)17-7-8-18(22-13-17)27-9-11-29-12-10-27/h3-8,13H,9-12H2,1-2H3. The van der Waals surface area contributed by atoms with E-state index in [1.165, 1.54) is 5.56 Å². The zero-order valence-corrected chi connectivity index (χ0v) is 16.8. The predicted octanol–water partition coefficient (Wildman–Crippen LogP) is 2.83. The zero-order chi connectivity index (χ0) is 20.5. The zero-order valence-electron chi connectivity index (χ0n) is 16.8. The van der Waals surface area contributed by atoms with Crippen molar-refractivity contribution >= 4 is 5.82 Å². The third-order valence-corrected chi connectivity index (χ3v) is 5.01. The Bertz CT molecular complexity index is 1140. The molecule has 0 bridgehead atoms. The van der Waals surface area contributed by atoms with Crippen LogP contribution in [-0.4, -0.2) is 56.2 Å². The largest absolute Gasteiger partial charge is 0.378 e. The van der Waals surface area contributed by atoms with Crippen molar-refractivity contribution in [1.29, 1.82) is 0 Å². The van der Waals surface area contributed by atoms with Gasteiger partial charge in [-0.1, -0.05) is 35.0 Å². The van der Waals surface area contributed by atoms with E-state index in [0.717, 1.165) is 43.4 Å². The highest BCUT2D eigenvalue weighted by molar-refractivity contribution is 5.57. The van der Waals surface area contributed by atoms with E-state index in [4.69, 9.17) is 9.26 Å². The molecule has 0 radical (unpaired) electrons. The number of morpholine rings is 1. The molecule has 30 heavy (non-hydrogen) atoms. The lowest BCUT2D eigenvalue weighted by molar-refractivity contribution is 0.122. The Hall–Kier alpha value is -3.59. The first-order valence-electron chi connectivity index (χ1n) is 9.81. The van der Waals surface area contributed by atoms with E-state index in [9.17, 15) is 0 Å². The Kier molecular flexibility index (Phi) is 4.72. The summed E-state index contributed by atoms with van der Waals surface area (Å²) < 4.78 is 12.5. The summed E-state index contributed by atoms with van der Waals surface area (Å²) in [5, 5.41) is 8.61. The van der Waals surface area contributed by atoms with E-state index in [1.807, 2.05) is 50.2 Å². The van der Waals surface area contributed by atoms with Gasteiger partial charge in [-0.25, -0.2) is 14.6 Å². The molecular weight excluding hydrogens is 382 g/mol. The molecule has 9 nitrogen and oxygen atoms in total.